The van der Waals surface area contributed by atoms with Gasteiger partial charge < -0.3 is 19.9 Å². The lowest BCUT2D eigenvalue weighted by atomic mass is 9.89. The maximum absolute atomic E-state index is 12.9. The highest BCUT2D eigenvalue weighted by atomic mass is 16.5. The molecule has 2 aliphatic heterocycles. The van der Waals surface area contributed by atoms with E-state index in [0.717, 1.165) is 18.8 Å². The molecule has 6 nitrogen and oxygen atoms in total. The lowest BCUT2D eigenvalue weighted by Crippen LogP contribution is -2.55. The lowest BCUT2D eigenvalue weighted by molar-refractivity contribution is -0.140. The molecule has 1 N–H and O–H groups in total. The third-order valence-electron chi connectivity index (χ3n) is 4.61. The van der Waals surface area contributed by atoms with Gasteiger partial charge in [0, 0.05) is 32.7 Å². The number of nitrogens with one attached hydrogen (secondary N) is 1. The molecule has 130 valence electrons. The molecule has 0 radical (unpaired) electrons. The Morgan fingerprint density at radius 3 is 2.67 bits per heavy atom. The molecule has 2 aliphatic rings. The van der Waals surface area contributed by atoms with Crippen LogP contribution < -0.4 is 15.0 Å². The zero-order chi connectivity index (χ0) is 17.3. The fourth-order valence-corrected chi connectivity index (χ4v) is 3.28. The number of anilines is 1. The number of piperazine rings is 1. The molecule has 1 unspecified atom stereocenters. The molecule has 3 rings (SSSR count). The summed E-state index contributed by atoms with van der Waals surface area (Å²) in [6, 6.07) is 7.49. The first kappa shape index (κ1) is 16.8. The summed E-state index contributed by atoms with van der Waals surface area (Å²) >= 11 is 0. The second kappa shape index (κ2) is 6.43. The molecule has 1 aromatic carbocycles. The molecule has 1 atom stereocenters. The van der Waals surface area contributed by atoms with Crippen molar-refractivity contribution >= 4 is 17.5 Å². The predicted molar refractivity (Wildman–Crippen MR) is 92.1 cm³/mol. The van der Waals surface area contributed by atoms with Gasteiger partial charge in [-0.2, -0.15) is 0 Å². The Morgan fingerprint density at radius 2 is 1.96 bits per heavy atom. The smallest absolute Gasteiger partial charge is 0.267 e. The van der Waals surface area contributed by atoms with Gasteiger partial charge in [0.15, 0.2) is 6.10 Å². The zero-order valence-electron chi connectivity index (χ0n) is 14.5. The Kier molecular flexibility index (Phi) is 4.49. The first-order chi connectivity index (χ1) is 11.4. The molecule has 1 aromatic rings. The van der Waals surface area contributed by atoms with E-state index in [4.69, 9.17) is 4.74 Å². The predicted octanol–water partition coefficient (Wildman–Crippen LogP) is 1.26. The highest BCUT2D eigenvalue weighted by Gasteiger charge is 2.39. The van der Waals surface area contributed by atoms with E-state index in [1.807, 2.05) is 43.0 Å². The van der Waals surface area contributed by atoms with Crippen molar-refractivity contribution in [2.75, 3.05) is 37.6 Å². The van der Waals surface area contributed by atoms with Crippen molar-refractivity contribution in [1.82, 2.24) is 10.2 Å². The van der Waals surface area contributed by atoms with Crippen LogP contribution in [0.25, 0.3) is 0 Å². The molecule has 0 bridgehead atoms. The van der Waals surface area contributed by atoms with Crippen molar-refractivity contribution in [3.63, 3.8) is 0 Å². The Hall–Kier alpha value is -2.08. The van der Waals surface area contributed by atoms with Crippen LogP contribution in [0.3, 0.4) is 0 Å². The van der Waals surface area contributed by atoms with Gasteiger partial charge in [-0.3, -0.25) is 9.59 Å². The minimum absolute atomic E-state index is 0.0911. The van der Waals surface area contributed by atoms with Gasteiger partial charge in [-0.1, -0.05) is 12.1 Å². The number of ether oxygens (including phenoxy) is 1. The SMILES string of the molecule is CC1Oc2ccccc2N(CC(C)(C)C(=O)N2CCNCC2)C1=O. The van der Waals surface area contributed by atoms with Crippen molar-refractivity contribution < 1.29 is 14.3 Å². The van der Waals surface area contributed by atoms with E-state index in [-0.39, 0.29) is 11.8 Å². The number of rotatable bonds is 3. The number of carbonyl (C=O) groups excluding carboxylic acids is 2. The quantitative estimate of drug-likeness (QED) is 0.906. The second-order valence-corrected chi connectivity index (χ2v) is 7.08. The third kappa shape index (κ3) is 3.11. The minimum Gasteiger partial charge on any atom is -0.479 e. The fraction of sp³-hybridized carbons (Fsp3) is 0.556. The highest BCUT2D eigenvalue weighted by molar-refractivity contribution is 6.00. The van der Waals surface area contributed by atoms with E-state index in [9.17, 15) is 9.59 Å². The molecule has 6 heteroatoms. The highest BCUT2D eigenvalue weighted by Crippen LogP contribution is 2.36. The zero-order valence-corrected chi connectivity index (χ0v) is 14.5. The van der Waals surface area contributed by atoms with Crippen LogP contribution in [0.4, 0.5) is 5.69 Å². The standard InChI is InChI=1S/C18H25N3O3/c1-13-16(22)21(14-6-4-5-7-15(14)24-13)12-18(2,3)17(23)20-10-8-19-9-11-20/h4-7,13,19H,8-12H2,1-3H3. The van der Waals surface area contributed by atoms with E-state index in [1.54, 1.807) is 11.8 Å². The number of fused-ring (bicyclic) bond motifs is 1. The summed E-state index contributed by atoms with van der Waals surface area (Å²) in [4.78, 5) is 29.1. The Balaban J connectivity index is 1.83. The number of amides is 2. The monoisotopic (exact) mass is 331 g/mol. The van der Waals surface area contributed by atoms with Crippen LogP contribution >= 0.6 is 0 Å². The van der Waals surface area contributed by atoms with E-state index < -0.39 is 11.5 Å². The van der Waals surface area contributed by atoms with Gasteiger partial charge in [0.25, 0.3) is 5.91 Å². The van der Waals surface area contributed by atoms with Crippen LogP contribution in [0.5, 0.6) is 5.75 Å². The van der Waals surface area contributed by atoms with Crippen molar-refractivity contribution in [1.29, 1.82) is 0 Å². The van der Waals surface area contributed by atoms with E-state index >= 15 is 0 Å². The number of hydrogen-bond donors (Lipinski definition) is 1. The molecule has 0 aliphatic carbocycles. The maximum Gasteiger partial charge on any atom is 0.267 e. The van der Waals surface area contributed by atoms with Gasteiger partial charge in [-0.05, 0) is 32.9 Å². The van der Waals surface area contributed by atoms with E-state index in [1.165, 1.54) is 0 Å². The summed E-state index contributed by atoms with van der Waals surface area (Å²) in [6.45, 7) is 8.98. The van der Waals surface area contributed by atoms with Crippen molar-refractivity contribution in [2.24, 2.45) is 5.41 Å². The maximum atomic E-state index is 12.9. The van der Waals surface area contributed by atoms with E-state index in [0.29, 0.717) is 25.4 Å². The average Bonchev–Trinajstić information content (AvgIpc) is 2.59. The molecular weight excluding hydrogens is 306 g/mol. The summed E-state index contributed by atoms with van der Waals surface area (Å²) in [5.74, 6) is 0.679. The molecule has 2 amide bonds. The summed E-state index contributed by atoms with van der Waals surface area (Å²) in [5, 5.41) is 3.25. The molecule has 0 spiro atoms. The average molecular weight is 331 g/mol. The Morgan fingerprint density at radius 1 is 1.29 bits per heavy atom. The number of benzene rings is 1. The van der Waals surface area contributed by atoms with Gasteiger partial charge >= 0.3 is 0 Å². The van der Waals surface area contributed by atoms with Gasteiger partial charge in [-0.25, -0.2) is 0 Å². The van der Waals surface area contributed by atoms with Gasteiger partial charge in [0.2, 0.25) is 5.91 Å². The number of hydrogen-bond acceptors (Lipinski definition) is 4. The second-order valence-electron chi connectivity index (χ2n) is 7.08. The number of para-hydroxylation sites is 2. The molecular formula is C18H25N3O3. The van der Waals surface area contributed by atoms with E-state index in [2.05, 4.69) is 5.32 Å². The van der Waals surface area contributed by atoms with Crippen LogP contribution in [-0.2, 0) is 9.59 Å². The largest absolute Gasteiger partial charge is 0.479 e. The summed E-state index contributed by atoms with van der Waals surface area (Å²) in [5.41, 5.74) is 0.0822. The van der Waals surface area contributed by atoms with Crippen LogP contribution in [0.15, 0.2) is 24.3 Å². The number of nitrogens with zero attached hydrogens (tertiary/aromatic N) is 2. The van der Waals surface area contributed by atoms with Crippen molar-refractivity contribution in [3.8, 4) is 5.75 Å². The lowest BCUT2D eigenvalue weighted by Gasteiger charge is -2.40. The van der Waals surface area contributed by atoms with Gasteiger partial charge in [-0.15, -0.1) is 0 Å². The van der Waals surface area contributed by atoms with Gasteiger partial charge in [0.05, 0.1) is 11.1 Å². The molecule has 0 saturated carbocycles. The molecule has 0 aromatic heterocycles. The first-order valence-electron chi connectivity index (χ1n) is 8.47. The number of carbonyl (C=O) groups is 2. The van der Waals surface area contributed by atoms with Gasteiger partial charge in [0.1, 0.15) is 5.75 Å². The van der Waals surface area contributed by atoms with Crippen molar-refractivity contribution in [2.45, 2.75) is 26.9 Å². The fourth-order valence-electron chi connectivity index (χ4n) is 3.28. The molecule has 2 heterocycles. The van der Waals surface area contributed by atoms with Crippen molar-refractivity contribution in [3.05, 3.63) is 24.3 Å². The summed E-state index contributed by atoms with van der Waals surface area (Å²) in [7, 11) is 0. The topological polar surface area (TPSA) is 61.9 Å². The van der Waals surface area contributed by atoms with Crippen LogP contribution in [-0.4, -0.2) is 55.5 Å². The Bertz CT molecular complexity index is 638. The molecule has 1 saturated heterocycles. The first-order valence-corrected chi connectivity index (χ1v) is 8.47. The molecule has 24 heavy (non-hydrogen) atoms. The summed E-state index contributed by atoms with van der Waals surface area (Å²) in [6.07, 6.45) is -0.537. The van der Waals surface area contributed by atoms with Crippen LogP contribution in [0.2, 0.25) is 0 Å². The van der Waals surface area contributed by atoms with Crippen LogP contribution in [0, 0.1) is 5.41 Å². The summed E-state index contributed by atoms with van der Waals surface area (Å²) < 4.78 is 5.67. The Labute approximate surface area is 142 Å². The minimum atomic E-state index is -0.656. The molecule has 1 fully saturated rings. The van der Waals surface area contributed by atoms with Crippen LogP contribution in [0.1, 0.15) is 20.8 Å². The normalized spacial score (nSPS) is 21.3. The third-order valence-corrected chi connectivity index (χ3v) is 4.61.